The second-order valence-electron chi connectivity index (χ2n) is 4.12. The minimum Gasteiger partial charge on any atom is -0.544 e. The Kier molecular flexibility index (Phi) is 2.24. The van der Waals surface area contributed by atoms with Gasteiger partial charge in [0.1, 0.15) is 4.83 Å². The van der Waals surface area contributed by atoms with Crippen molar-refractivity contribution >= 4 is 44.1 Å². The van der Waals surface area contributed by atoms with Gasteiger partial charge in [-0.2, -0.15) is 0 Å². The van der Waals surface area contributed by atoms with E-state index in [0.717, 1.165) is 27.8 Å². The predicted molar refractivity (Wildman–Crippen MR) is 70.6 cm³/mol. The molecule has 5 heteroatoms. The maximum absolute atomic E-state index is 10.9. The summed E-state index contributed by atoms with van der Waals surface area (Å²) < 4.78 is 0. The van der Waals surface area contributed by atoms with E-state index in [9.17, 15) is 9.90 Å². The van der Waals surface area contributed by atoms with Gasteiger partial charge in [0.05, 0.1) is 22.1 Å². The average molecular weight is 257 g/mol. The zero-order valence-electron chi connectivity index (χ0n) is 9.56. The van der Waals surface area contributed by atoms with Crippen molar-refractivity contribution in [3.8, 4) is 0 Å². The molecule has 0 unspecified atom stereocenters. The fourth-order valence-electron chi connectivity index (χ4n) is 2.03. The Morgan fingerprint density at radius 3 is 2.94 bits per heavy atom. The number of rotatable bonds is 1. The lowest BCUT2D eigenvalue weighted by Gasteiger charge is -2.01. The molecule has 0 saturated heterocycles. The van der Waals surface area contributed by atoms with Gasteiger partial charge < -0.3 is 15.6 Å². The van der Waals surface area contributed by atoms with Crippen molar-refractivity contribution in [2.45, 2.75) is 6.92 Å². The van der Waals surface area contributed by atoms with Gasteiger partial charge in [-0.05, 0) is 18.6 Å². The number of carboxylic acids is 1. The number of benzene rings is 1. The molecule has 90 valence electrons. The number of aromatic nitrogens is 1. The highest BCUT2D eigenvalue weighted by molar-refractivity contribution is 7.21. The number of carboxylic acid groups (broad SMARTS) is 1. The summed E-state index contributed by atoms with van der Waals surface area (Å²) in [5.74, 6) is -1.25. The van der Waals surface area contributed by atoms with E-state index in [0.29, 0.717) is 10.2 Å². The smallest absolute Gasteiger partial charge is 0.126 e. The van der Waals surface area contributed by atoms with Gasteiger partial charge in [-0.3, -0.25) is 0 Å². The van der Waals surface area contributed by atoms with Gasteiger partial charge in [0.25, 0.3) is 0 Å². The van der Waals surface area contributed by atoms with E-state index >= 15 is 0 Å². The van der Waals surface area contributed by atoms with Gasteiger partial charge in [0.2, 0.25) is 0 Å². The highest BCUT2D eigenvalue weighted by Crippen LogP contribution is 2.34. The first-order valence-electron chi connectivity index (χ1n) is 5.37. The Labute approximate surface area is 107 Å². The molecule has 2 heterocycles. The van der Waals surface area contributed by atoms with E-state index < -0.39 is 5.97 Å². The molecule has 0 aliphatic rings. The number of carbonyl (C=O) groups is 1. The summed E-state index contributed by atoms with van der Waals surface area (Å²) in [5.41, 5.74) is 7.98. The molecule has 2 N–H and O–H groups in total. The third-order valence-electron chi connectivity index (χ3n) is 2.93. The molecular weight excluding hydrogens is 248 g/mol. The van der Waals surface area contributed by atoms with Crippen LogP contribution in [0.4, 0.5) is 5.69 Å². The van der Waals surface area contributed by atoms with Crippen molar-refractivity contribution in [3.63, 3.8) is 0 Å². The molecule has 0 fully saturated rings. The molecule has 3 aromatic rings. The molecule has 0 aliphatic carbocycles. The molecule has 18 heavy (non-hydrogen) atoms. The molecule has 3 rings (SSSR count). The predicted octanol–water partition coefficient (Wildman–Crippen LogP) is 1.70. The molecule has 0 atom stereocenters. The lowest BCUT2D eigenvalue weighted by atomic mass is 10.1. The Balaban J connectivity index is 2.46. The van der Waals surface area contributed by atoms with Crippen LogP contribution in [0, 0.1) is 6.92 Å². The first-order chi connectivity index (χ1) is 8.58. The monoisotopic (exact) mass is 257 g/mol. The Morgan fingerprint density at radius 1 is 1.44 bits per heavy atom. The summed E-state index contributed by atoms with van der Waals surface area (Å²) in [6, 6.07) is 7.72. The van der Waals surface area contributed by atoms with Gasteiger partial charge in [-0.1, -0.05) is 18.2 Å². The van der Waals surface area contributed by atoms with E-state index in [1.54, 1.807) is 0 Å². The van der Waals surface area contributed by atoms with E-state index in [4.69, 9.17) is 5.73 Å². The summed E-state index contributed by atoms with van der Waals surface area (Å²) >= 11 is 1.06. The zero-order chi connectivity index (χ0) is 12.9. The van der Waals surface area contributed by atoms with Crippen LogP contribution in [0.2, 0.25) is 0 Å². The number of hydrogen-bond acceptors (Lipinski definition) is 5. The second kappa shape index (κ2) is 3.68. The van der Waals surface area contributed by atoms with Crippen molar-refractivity contribution in [1.82, 2.24) is 4.98 Å². The Hall–Kier alpha value is -2.14. The van der Waals surface area contributed by atoms with Crippen molar-refractivity contribution in [3.05, 3.63) is 34.7 Å². The number of hydrogen-bond donors (Lipinski definition) is 1. The fraction of sp³-hybridized carbons (Fsp3) is 0.0769. The highest BCUT2D eigenvalue weighted by atomic mass is 32.1. The Morgan fingerprint density at radius 2 is 2.22 bits per heavy atom. The summed E-state index contributed by atoms with van der Waals surface area (Å²) in [4.78, 5) is 16.1. The molecule has 1 aromatic carbocycles. The number of nitrogens with zero attached hydrogens (tertiary/aromatic N) is 1. The number of aryl methyl sites for hydroxylation is 1. The number of pyridine rings is 1. The number of aromatic carboxylic acids is 1. The van der Waals surface area contributed by atoms with E-state index in [1.807, 2.05) is 31.2 Å². The van der Waals surface area contributed by atoms with Gasteiger partial charge >= 0.3 is 0 Å². The molecular formula is C13H9N2O2S-. The highest BCUT2D eigenvalue weighted by Gasteiger charge is 2.12. The number of anilines is 1. The van der Waals surface area contributed by atoms with Gasteiger partial charge in [-0.25, -0.2) is 4.98 Å². The van der Waals surface area contributed by atoms with Crippen molar-refractivity contribution in [1.29, 1.82) is 0 Å². The summed E-state index contributed by atoms with van der Waals surface area (Å²) in [6.45, 7) is 1.97. The minimum atomic E-state index is -1.25. The van der Waals surface area contributed by atoms with Crippen LogP contribution in [0.25, 0.3) is 21.1 Å². The van der Waals surface area contributed by atoms with Crippen LogP contribution in [0.5, 0.6) is 0 Å². The van der Waals surface area contributed by atoms with Crippen LogP contribution in [0.15, 0.2) is 24.3 Å². The largest absolute Gasteiger partial charge is 0.544 e. The van der Waals surface area contributed by atoms with E-state index in [-0.39, 0.29) is 10.6 Å². The first kappa shape index (κ1) is 11.0. The lowest BCUT2D eigenvalue weighted by Crippen LogP contribution is -2.21. The molecule has 0 saturated carbocycles. The first-order valence-corrected chi connectivity index (χ1v) is 6.19. The number of para-hydroxylation sites is 1. The number of nitrogen functional groups attached to an aromatic ring is 1. The molecule has 0 spiro atoms. The maximum Gasteiger partial charge on any atom is 0.126 e. The van der Waals surface area contributed by atoms with E-state index in [2.05, 4.69) is 4.98 Å². The normalized spacial score (nSPS) is 11.2. The van der Waals surface area contributed by atoms with Crippen molar-refractivity contribution in [2.24, 2.45) is 0 Å². The molecule has 2 aromatic heterocycles. The number of fused-ring (bicyclic) bond motifs is 2. The van der Waals surface area contributed by atoms with Crippen LogP contribution in [0.1, 0.15) is 15.2 Å². The van der Waals surface area contributed by atoms with E-state index in [1.165, 1.54) is 0 Å². The minimum absolute atomic E-state index is 0.0467. The van der Waals surface area contributed by atoms with Crippen LogP contribution >= 0.6 is 11.3 Å². The molecule has 0 aliphatic heterocycles. The molecule has 0 bridgehead atoms. The Bertz CT molecular complexity index is 792. The summed E-state index contributed by atoms with van der Waals surface area (Å²) in [6.07, 6.45) is 0. The van der Waals surface area contributed by atoms with Gasteiger partial charge in [0, 0.05) is 10.8 Å². The third kappa shape index (κ3) is 1.44. The molecule has 0 radical (unpaired) electrons. The quantitative estimate of drug-likeness (QED) is 0.719. The second-order valence-corrected chi connectivity index (χ2v) is 5.12. The van der Waals surface area contributed by atoms with Gasteiger partial charge in [-0.15, -0.1) is 11.3 Å². The third-order valence-corrected chi connectivity index (χ3v) is 4.03. The average Bonchev–Trinajstić information content (AvgIpc) is 2.65. The topological polar surface area (TPSA) is 79.0 Å². The number of carbonyl (C=O) groups excluding carboxylic acids is 1. The lowest BCUT2D eigenvalue weighted by molar-refractivity contribution is -0.254. The van der Waals surface area contributed by atoms with Crippen molar-refractivity contribution < 1.29 is 9.90 Å². The zero-order valence-corrected chi connectivity index (χ0v) is 10.4. The van der Waals surface area contributed by atoms with Crippen LogP contribution in [-0.2, 0) is 0 Å². The summed E-state index contributed by atoms with van der Waals surface area (Å²) in [5, 5.41) is 12.6. The van der Waals surface area contributed by atoms with Gasteiger partial charge in [0.15, 0.2) is 0 Å². The van der Waals surface area contributed by atoms with Crippen LogP contribution in [-0.4, -0.2) is 11.0 Å². The van der Waals surface area contributed by atoms with Crippen LogP contribution in [0.3, 0.4) is 0 Å². The van der Waals surface area contributed by atoms with Crippen molar-refractivity contribution in [2.75, 3.05) is 5.73 Å². The van der Waals surface area contributed by atoms with Crippen LogP contribution < -0.4 is 10.8 Å². The number of nitrogens with two attached hydrogens (primary N) is 1. The molecule has 0 amide bonds. The molecule has 4 nitrogen and oxygen atoms in total. The SMILES string of the molecule is Cc1cccc2cc3c(N)c(C(=O)[O-])sc3nc12. The summed E-state index contributed by atoms with van der Waals surface area (Å²) in [7, 11) is 0. The maximum atomic E-state index is 10.9. The standard InChI is InChI=1S/C13H10N2O2S/c1-6-3-2-4-7-5-8-9(14)11(13(16)17)18-12(8)15-10(6)7/h2-5H,14H2,1H3,(H,16,17)/p-1. The fourth-order valence-corrected chi connectivity index (χ4v) is 2.94. The number of thiophene rings is 1.